The Balaban J connectivity index is 1.35. The van der Waals surface area contributed by atoms with Gasteiger partial charge in [0.2, 0.25) is 5.91 Å². The van der Waals surface area contributed by atoms with Gasteiger partial charge in [0.1, 0.15) is 11.6 Å². The Hall–Kier alpha value is -4.40. The molecule has 4 aromatic rings. The van der Waals surface area contributed by atoms with Crippen molar-refractivity contribution in [3.05, 3.63) is 72.2 Å². The van der Waals surface area contributed by atoms with Crippen molar-refractivity contribution in [2.45, 2.75) is 25.8 Å². The van der Waals surface area contributed by atoms with Gasteiger partial charge >= 0.3 is 0 Å². The van der Waals surface area contributed by atoms with E-state index in [1.165, 1.54) is 6.20 Å². The molecule has 0 bridgehead atoms. The minimum Gasteiger partial charge on any atom is -0.380 e. The van der Waals surface area contributed by atoms with Crippen LogP contribution in [0, 0.1) is 0 Å². The molecule has 178 valence electrons. The molecule has 2 amide bonds. The van der Waals surface area contributed by atoms with Crippen molar-refractivity contribution < 1.29 is 9.59 Å². The van der Waals surface area contributed by atoms with E-state index in [0.717, 1.165) is 41.5 Å². The fraction of sp³-hybridized carbons (Fsp3) is 0.231. The zero-order chi connectivity index (χ0) is 24.4. The van der Waals surface area contributed by atoms with Crippen LogP contribution < -0.4 is 21.3 Å². The third kappa shape index (κ3) is 4.65. The Morgan fingerprint density at radius 2 is 1.94 bits per heavy atom. The molecule has 0 saturated carbocycles. The van der Waals surface area contributed by atoms with Gasteiger partial charge in [0.05, 0.1) is 28.7 Å². The van der Waals surface area contributed by atoms with Crippen LogP contribution in [0.2, 0.25) is 0 Å². The Bertz CT molecular complexity index is 1390. The predicted molar refractivity (Wildman–Crippen MR) is 137 cm³/mol. The van der Waals surface area contributed by atoms with Crippen molar-refractivity contribution in [2.24, 2.45) is 12.8 Å². The van der Waals surface area contributed by atoms with Gasteiger partial charge in [-0.3, -0.25) is 9.59 Å². The average molecular weight is 470 g/mol. The van der Waals surface area contributed by atoms with Crippen LogP contribution in [0.4, 0.5) is 23.0 Å². The first-order valence-electron chi connectivity index (χ1n) is 11.6. The largest absolute Gasteiger partial charge is 0.380 e. The maximum atomic E-state index is 12.2. The minimum atomic E-state index is -0.558. The number of nitrogens with zero attached hydrogens (tertiary/aromatic N) is 4. The van der Waals surface area contributed by atoms with Crippen molar-refractivity contribution in [3.63, 3.8) is 0 Å². The van der Waals surface area contributed by atoms with E-state index in [-0.39, 0.29) is 5.91 Å². The summed E-state index contributed by atoms with van der Waals surface area (Å²) in [6.07, 6.45) is 7.67. The van der Waals surface area contributed by atoms with Gasteiger partial charge in [-0.25, -0.2) is 9.97 Å². The van der Waals surface area contributed by atoms with Crippen LogP contribution in [0.5, 0.6) is 0 Å². The molecule has 3 aromatic heterocycles. The minimum absolute atomic E-state index is 0.129. The van der Waals surface area contributed by atoms with E-state index in [1.54, 1.807) is 17.2 Å². The molecule has 4 N–H and O–H groups in total. The standard InChI is InChI=1S/C26H27N7O2/c1-32-12-10-17-5-4-6-18(25(17)32)14-28-21-13-23(30-16-20(21)26(27)35)31-22-9-8-19(15-29-22)33-11-3-2-7-24(33)34/h4-6,8-10,12-13,15-16H,2-3,7,11,14H2,1H3,(H2,27,35)(H2,28,29,30,31). The summed E-state index contributed by atoms with van der Waals surface area (Å²) in [5, 5.41) is 7.66. The summed E-state index contributed by atoms with van der Waals surface area (Å²) in [5.74, 6) is 0.669. The van der Waals surface area contributed by atoms with Crippen molar-refractivity contribution in [3.8, 4) is 0 Å². The van der Waals surface area contributed by atoms with Crippen molar-refractivity contribution in [2.75, 3.05) is 22.1 Å². The molecule has 35 heavy (non-hydrogen) atoms. The van der Waals surface area contributed by atoms with E-state index in [0.29, 0.717) is 35.9 Å². The molecule has 9 nitrogen and oxygen atoms in total. The van der Waals surface area contributed by atoms with E-state index in [2.05, 4.69) is 43.4 Å². The van der Waals surface area contributed by atoms with Crippen LogP contribution in [0.15, 0.2) is 61.1 Å². The molecule has 4 heterocycles. The van der Waals surface area contributed by atoms with Crippen molar-refractivity contribution in [1.82, 2.24) is 14.5 Å². The number of para-hydroxylation sites is 1. The number of nitrogens with two attached hydrogens (primary N) is 1. The van der Waals surface area contributed by atoms with Crippen LogP contribution in [0.3, 0.4) is 0 Å². The normalized spacial score (nSPS) is 13.7. The Labute approximate surface area is 203 Å². The highest BCUT2D eigenvalue weighted by Gasteiger charge is 2.20. The molecule has 1 fully saturated rings. The lowest BCUT2D eigenvalue weighted by Gasteiger charge is -2.26. The number of benzene rings is 1. The summed E-state index contributed by atoms with van der Waals surface area (Å²) >= 11 is 0. The maximum absolute atomic E-state index is 12.2. The number of amides is 2. The molecular formula is C26H27N7O2. The van der Waals surface area contributed by atoms with E-state index in [4.69, 9.17) is 5.73 Å². The highest BCUT2D eigenvalue weighted by molar-refractivity contribution is 5.98. The number of hydrogen-bond acceptors (Lipinski definition) is 6. The topological polar surface area (TPSA) is 118 Å². The molecule has 0 aliphatic carbocycles. The Morgan fingerprint density at radius 1 is 1.09 bits per heavy atom. The number of nitrogens with one attached hydrogen (secondary N) is 2. The highest BCUT2D eigenvalue weighted by atomic mass is 16.2. The third-order valence-corrected chi connectivity index (χ3v) is 6.26. The molecule has 9 heteroatoms. The number of primary amides is 1. The Kier molecular flexibility index (Phi) is 6.05. The lowest BCUT2D eigenvalue weighted by Crippen LogP contribution is -2.35. The number of fused-ring (bicyclic) bond motifs is 1. The highest BCUT2D eigenvalue weighted by Crippen LogP contribution is 2.25. The fourth-order valence-electron chi connectivity index (χ4n) is 4.47. The molecule has 0 unspecified atom stereocenters. The second kappa shape index (κ2) is 9.46. The summed E-state index contributed by atoms with van der Waals surface area (Å²) in [6, 6.07) is 13.6. The monoisotopic (exact) mass is 469 g/mol. The lowest BCUT2D eigenvalue weighted by molar-refractivity contribution is -0.119. The van der Waals surface area contributed by atoms with Crippen LogP contribution in [-0.2, 0) is 18.4 Å². The van der Waals surface area contributed by atoms with Gasteiger partial charge in [0.15, 0.2) is 0 Å². The number of pyridine rings is 2. The van der Waals surface area contributed by atoms with Crippen molar-refractivity contribution >= 4 is 45.7 Å². The number of piperidine rings is 1. The quantitative estimate of drug-likeness (QED) is 0.377. The number of aromatic nitrogens is 3. The fourth-order valence-corrected chi connectivity index (χ4v) is 4.47. The lowest BCUT2D eigenvalue weighted by atomic mass is 10.1. The van der Waals surface area contributed by atoms with Gasteiger partial charge in [-0.1, -0.05) is 18.2 Å². The van der Waals surface area contributed by atoms with Crippen molar-refractivity contribution in [1.29, 1.82) is 0 Å². The van der Waals surface area contributed by atoms with E-state index >= 15 is 0 Å². The van der Waals surface area contributed by atoms with Crippen LogP contribution in [0.1, 0.15) is 35.2 Å². The molecule has 0 spiro atoms. The van der Waals surface area contributed by atoms with Crippen LogP contribution in [-0.4, -0.2) is 32.9 Å². The third-order valence-electron chi connectivity index (χ3n) is 6.26. The first-order valence-corrected chi connectivity index (χ1v) is 11.6. The van der Waals surface area contributed by atoms with Gasteiger partial charge in [-0.15, -0.1) is 0 Å². The zero-order valence-electron chi connectivity index (χ0n) is 19.5. The zero-order valence-corrected chi connectivity index (χ0v) is 19.5. The summed E-state index contributed by atoms with van der Waals surface area (Å²) < 4.78 is 2.08. The number of hydrogen-bond donors (Lipinski definition) is 3. The maximum Gasteiger partial charge on any atom is 0.252 e. The van der Waals surface area contributed by atoms with Gasteiger partial charge < -0.3 is 25.8 Å². The average Bonchev–Trinajstić information content (AvgIpc) is 3.25. The molecule has 1 aromatic carbocycles. The summed E-state index contributed by atoms with van der Waals surface area (Å²) in [4.78, 5) is 34.7. The number of aryl methyl sites for hydroxylation is 1. The molecule has 5 rings (SSSR count). The number of carbonyl (C=O) groups excluding carboxylic acids is 2. The van der Waals surface area contributed by atoms with Gasteiger partial charge in [0.25, 0.3) is 5.91 Å². The first kappa shape index (κ1) is 22.4. The van der Waals surface area contributed by atoms with Gasteiger partial charge in [-0.2, -0.15) is 0 Å². The Morgan fingerprint density at radius 3 is 2.71 bits per heavy atom. The van der Waals surface area contributed by atoms with E-state index in [1.807, 2.05) is 31.4 Å². The first-order chi connectivity index (χ1) is 17.0. The molecule has 0 atom stereocenters. The molecule has 0 radical (unpaired) electrons. The summed E-state index contributed by atoms with van der Waals surface area (Å²) in [7, 11) is 2.01. The SMILES string of the molecule is Cn1ccc2cccc(CNc3cc(Nc4ccc(N5CCCCC5=O)cn4)ncc3C(N)=O)c21. The van der Waals surface area contributed by atoms with E-state index in [9.17, 15) is 9.59 Å². The van der Waals surface area contributed by atoms with Crippen LogP contribution >= 0.6 is 0 Å². The smallest absolute Gasteiger partial charge is 0.252 e. The van der Waals surface area contributed by atoms with Gasteiger partial charge in [0, 0.05) is 45.0 Å². The van der Waals surface area contributed by atoms with E-state index < -0.39 is 5.91 Å². The number of carbonyl (C=O) groups is 2. The molecule has 1 aliphatic rings. The number of anilines is 4. The second-order valence-electron chi connectivity index (χ2n) is 8.64. The van der Waals surface area contributed by atoms with Crippen LogP contribution in [0.25, 0.3) is 10.9 Å². The van der Waals surface area contributed by atoms with Gasteiger partial charge in [-0.05, 0) is 42.0 Å². The summed E-state index contributed by atoms with van der Waals surface area (Å²) in [6.45, 7) is 1.23. The predicted octanol–water partition coefficient (Wildman–Crippen LogP) is 3.94. The molecular weight excluding hydrogens is 442 g/mol. The molecule has 1 saturated heterocycles. The molecule has 1 aliphatic heterocycles. The number of rotatable bonds is 7. The second-order valence-corrected chi connectivity index (χ2v) is 8.64. The summed E-state index contributed by atoms with van der Waals surface area (Å²) in [5.41, 5.74) is 9.50.